The Bertz CT molecular complexity index is 781. The first kappa shape index (κ1) is 15.7. The number of aliphatic hydroxyl groups excluding tert-OH is 1. The second-order valence-corrected chi connectivity index (χ2v) is 6.22. The Morgan fingerprint density at radius 2 is 1.52 bits per heavy atom. The summed E-state index contributed by atoms with van der Waals surface area (Å²) >= 11 is 0. The van der Waals surface area contributed by atoms with Crippen LogP contribution < -0.4 is 5.32 Å². The van der Waals surface area contributed by atoms with E-state index in [0.717, 1.165) is 11.1 Å². The molecule has 128 valence electrons. The number of β-lactam (4-membered cyclic amide) rings is 1. The van der Waals surface area contributed by atoms with Crippen molar-refractivity contribution in [3.63, 3.8) is 0 Å². The van der Waals surface area contributed by atoms with Crippen molar-refractivity contribution in [2.75, 3.05) is 6.61 Å². The largest absolute Gasteiger partial charge is 0.439 e. The van der Waals surface area contributed by atoms with Crippen LogP contribution in [0.1, 0.15) is 23.3 Å². The summed E-state index contributed by atoms with van der Waals surface area (Å²) in [5.74, 6) is -0.273. The molecule has 2 heterocycles. The molecule has 2 fully saturated rings. The SMILES string of the molecule is O=C1NC(CO)C1N1C(=O)OC(c2ccccc2)C1c1ccccc1. The van der Waals surface area contributed by atoms with E-state index in [4.69, 9.17) is 4.74 Å². The van der Waals surface area contributed by atoms with Crippen LogP contribution in [0.25, 0.3) is 0 Å². The van der Waals surface area contributed by atoms with Gasteiger partial charge in [0.25, 0.3) is 0 Å². The van der Waals surface area contributed by atoms with Crippen LogP contribution in [0.5, 0.6) is 0 Å². The van der Waals surface area contributed by atoms with Crippen LogP contribution in [-0.2, 0) is 9.53 Å². The molecule has 2 aromatic rings. The number of hydrogen-bond donors (Lipinski definition) is 2. The molecule has 25 heavy (non-hydrogen) atoms. The maximum Gasteiger partial charge on any atom is 0.411 e. The van der Waals surface area contributed by atoms with E-state index >= 15 is 0 Å². The van der Waals surface area contributed by atoms with Crippen molar-refractivity contribution in [1.82, 2.24) is 10.2 Å². The lowest BCUT2D eigenvalue weighted by molar-refractivity contribution is -0.138. The molecule has 0 bridgehead atoms. The van der Waals surface area contributed by atoms with Gasteiger partial charge in [0.1, 0.15) is 12.1 Å². The van der Waals surface area contributed by atoms with Crippen LogP contribution in [0.15, 0.2) is 60.7 Å². The first-order valence-electron chi connectivity index (χ1n) is 8.21. The molecule has 6 heteroatoms. The molecule has 2 amide bonds. The second-order valence-electron chi connectivity index (χ2n) is 6.22. The quantitative estimate of drug-likeness (QED) is 0.833. The fraction of sp³-hybridized carbons (Fsp3) is 0.263. The molecule has 2 aliphatic heterocycles. The Morgan fingerprint density at radius 3 is 2.08 bits per heavy atom. The standard InChI is InChI=1S/C19H18N2O4/c22-11-14-16(18(23)20-14)21-15(12-7-3-1-4-8-12)17(25-19(21)24)13-9-5-2-6-10-13/h1-10,14-17,22H,11H2,(H,20,23). The Labute approximate surface area is 145 Å². The number of amides is 2. The molecule has 2 aromatic carbocycles. The number of aliphatic hydroxyl groups is 1. The number of hydrogen-bond acceptors (Lipinski definition) is 4. The summed E-state index contributed by atoms with van der Waals surface area (Å²) in [5, 5.41) is 12.1. The van der Waals surface area contributed by atoms with Crippen molar-refractivity contribution in [2.45, 2.75) is 24.2 Å². The fourth-order valence-corrected chi connectivity index (χ4v) is 3.56. The monoisotopic (exact) mass is 338 g/mol. The summed E-state index contributed by atoms with van der Waals surface area (Å²) in [6.45, 7) is -0.225. The van der Waals surface area contributed by atoms with Gasteiger partial charge in [-0.3, -0.25) is 9.69 Å². The van der Waals surface area contributed by atoms with Crippen molar-refractivity contribution in [2.24, 2.45) is 0 Å². The highest BCUT2D eigenvalue weighted by atomic mass is 16.6. The third-order valence-corrected chi connectivity index (χ3v) is 4.77. The number of cyclic esters (lactones) is 1. The van der Waals surface area contributed by atoms with Crippen LogP contribution in [0, 0.1) is 0 Å². The molecule has 0 aliphatic carbocycles. The van der Waals surface area contributed by atoms with Gasteiger partial charge in [0.2, 0.25) is 5.91 Å². The maximum atomic E-state index is 12.6. The second kappa shape index (κ2) is 6.22. The Balaban J connectivity index is 1.77. The van der Waals surface area contributed by atoms with E-state index in [1.54, 1.807) is 0 Å². The molecule has 2 saturated heterocycles. The van der Waals surface area contributed by atoms with Crippen molar-refractivity contribution in [3.05, 3.63) is 71.8 Å². The van der Waals surface area contributed by atoms with Crippen LogP contribution in [0.4, 0.5) is 4.79 Å². The molecular weight excluding hydrogens is 320 g/mol. The van der Waals surface area contributed by atoms with Gasteiger partial charge in [0.05, 0.1) is 12.6 Å². The van der Waals surface area contributed by atoms with Crippen molar-refractivity contribution in [1.29, 1.82) is 0 Å². The van der Waals surface area contributed by atoms with Crippen molar-refractivity contribution < 1.29 is 19.4 Å². The van der Waals surface area contributed by atoms with Gasteiger partial charge in [-0.15, -0.1) is 0 Å². The van der Waals surface area contributed by atoms with E-state index in [0.29, 0.717) is 0 Å². The van der Waals surface area contributed by atoms with Gasteiger partial charge in [0, 0.05) is 0 Å². The summed E-state index contributed by atoms with van der Waals surface area (Å²) in [4.78, 5) is 26.2. The number of nitrogens with zero attached hydrogens (tertiary/aromatic N) is 1. The van der Waals surface area contributed by atoms with Gasteiger partial charge in [-0.1, -0.05) is 60.7 Å². The van der Waals surface area contributed by atoms with Gasteiger partial charge in [-0.2, -0.15) is 0 Å². The van der Waals surface area contributed by atoms with Crippen LogP contribution in [0.2, 0.25) is 0 Å². The number of carbonyl (C=O) groups excluding carboxylic acids is 2. The average Bonchev–Trinajstić information content (AvgIpc) is 2.98. The zero-order valence-electron chi connectivity index (χ0n) is 13.4. The fourth-order valence-electron chi connectivity index (χ4n) is 3.56. The van der Waals surface area contributed by atoms with Gasteiger partial charge >= 0.3 is 6.09 Å². The van der Waals surface area contributed by atoms with Gasteiger partial charge in [-0.25, -0.2) is 4.79 Å². The first-order valence-corrected chi connectivity index (χ1v) is 8.21. The highest BCUT2D eigenvalue weighted by molar-refractivity contribution is 5.93. The highest BCUT2D eigenvalue weighted by Crippen LogP contribution is 2.45. The average molecular weight is 338 g/mol. The number of rotatable bonds is 4. The van der Waals surface area contributed by atoms with Crippen molar-refractivity contribution >= 4 is 12.0 Å². The summed E-state index contributed by atoms with van der Waals surface area (Å²) in [6.07, 6.45) is -1.05. The highest BCUT2D eigenvalue weighted by Gasteiger charge is 2.54. The van der Waals surface area contributed by atoms with Crippen LogP contribution in [0.3, 0.4) is 0 Å². The predicted molar refractivity (Wildman–Crippen MR) is 89.5 cm³/mol. The van der Waals surface area contributed by atoms with Crippen LogP contribution in [-0.4, -0.2) is 40.7 Å². The Morgan fingerprint density at radius 1 is 0.920 bits per heavy atom. The third-order valence-electron chi connectivity index (χ3n) is 4.77. The number of benzene rings is 2. The normalized spacial score (nSPS) is 28.3. The van der Waals surface area contributed by atoms with E-state index in [9.17, 15) is 14.7 Å². The third kappa shape index (κ3) is 2.55. The minimum atomic E-state index is -0.726. The summed E-state index contributed by atoms with van der Waals surface area (Å²) in [6, 6.07) is 17.4. The van der Waals surface area contributed by atoms with Crippen LogP contribution >= 0.6 is 0 Å². The van der Waals surface area contributed by atoms with E-state index in [2.05, 4.69) is 5.32 Å². The maximum absolute atomic E-state index is 12.6. The Kier molecular flexibility index (Phi) is 3.89. The zero-order valence-corrected chi connectivity index (χ0v) is 13.4. The number of carbonyl (C=O) groups is 2. The molecule has 2 N–H and O–H groups in total. The molecule has 0 aromatic heterocycles. The summed E-state index contributed by atoms with van der Waals surface area (Å²) < 4.78 is 5.65. The number of ether oxygens (including phenoxy) is 1. The smallest absolute Gasteiger partial charge is 0.411 e. The molecule has 4 rings (SSSR count). The Hall–Kier alpha value is -2.86. The van der Waals surface area contributed by atoms with Crippen molar-refractivity contribution in [3.8, 4) is 0 Å². The molecule has 4 unspecified atom stereocenters. The molecule has 0 radical (unpaired) electrons. The van der Waals surface area contributed by atoms with E-state index < -0.39 is 30.3 Å². The van der Waals surface area contributed by atoms with E-state index in [1.807, 2.05) is 60.7 Å². The number of nitrogens with one attached hydrogen (secondary N) is 1. The van der Waals surface area contributed by atoms with E-state index in [-0.39, 0.29) is 12.5 Å². The minimum Gasteiger partial charge on any atom is -0.439 e. The summed E-state index contributed by atoms with van der Waals surface area (Å²) in [7, 11) is 0. The van der Waals surface area contributed by atoms with Gasteiger partial charge < -0.3 is 15.2 Å². The predicted octanol–water partition coefficient (Wildman–Crippen LogP) is 1.78. The first-order chi connectivity index (χ1) is 12.2. The molecule has 2 aliphatic rings. The lowest BCUT2D eigenvalue weighted by Gasteiger charge is -2.42. The lowest BCUT2D eigenvalue weighted by Crippen LogP contribution is -2.70. The van der Waals surface area contributed by atoms with Gasteiger partial charge in [-0.05, 0) is 11.1 Å². The molecule has 0 saturated carbocycles. The summed E-state index contributed by atoms with van der Waals surface area (Å²) in [5.41, 5.74) is 1.76. The molecule has 4 atom stereocenters. The topological polar surface area (TPSA) is 78.9 Å². The van der Waals surface area contributed by atoms with Gasteiger partial charge in [0.15, 0.2) is 6.10 Å². The zero-order chi connectivity index (χ0) is 17.4. The molecular formula is C19H18N2O4. The lowest BCUT2D eigenvalue weighted by atomic mass is 9.90. The minimum absolute atomic E-state index is 0.225. The molecule has 6 nitrogen and oxygen atoms in total. The molecule has 0 spiro atoms. The van der Waals surface area contributed by atoms with E-state index in [1.165, 1.54) is 4.90 Å².